The number of sulfonamides is 1. The molecule has 1 aromatic heterocycles. The third-order valence-corrected chi connectivity index (χ3v) is 5.37. The average Bonchev–Trinajstić information content (AvgIpc) is 2.98. The van der Waals surface area contributed by atoms with Crippen LogP contribution in [0.25, 0.3) is 0 Å². The number of nitrogens with one attached hydrogen (secondary N) is 2. The van der Waals surface area contributed by atoms with Crippen molar-refractivity contribution in [2.24, 2.45) is 5.92 Å². The van der Waals surface area contributed by atoms with E-state index in [0.717, 1.165) is 19.4 Å². The minimum atomic E-state index is -3.43. The summed E-state index contributed by atoms with van der Waals surface area (Å²) in [7, 11) is -3.43. The summed E-state index contributed by atoms with van der Waals surface area (Å²) in [5, 5.41) is 3.13. The molecule has 118 valence electrons. The van der Waals surface area contributed by atoms with Crippen LogP contribution in [0.4, 0.5) is 5.82 Å². The maximum Gasteiger partial charge on any atom is 0.242 e. The van der Waals surface area contributed by atoms with Gasteiger partial charge in [-0.3, -0.25) is 0 Å². The molecule has 0 unspecified atom stereocenters. The van der Waals surface area contributed by atoms with Gasteiger partial charge in [0.15, 0.2) is 0 Å². The smallest absolute Gasteiger partial charge is 0.242 e. The zero-order valence-electron chi connectivity index (χ0n) is 12.6. The lowest BCUT2D eigenvalue weighted by Gasteiger charge is -2.11. The molecule has 1 aliphatic carbocycles. The van der Waals surface area contributed by atoms with Gasteiger partial charge in [0.2, 0.25) is 10.0 Å². The van der Waals surface area contributed by atoms with Gasteiger partial charge in [-0.2, -0.15) is 0 Å². The summed E-state index contributed by atoms with van der Waals surface area (Å²) in [5.74, 6) is 1.40. The van der Waals surface area contributed by atoms with Gasteiger partial charge in [-0.15, -0.1) is 0 Å². The molecule has 1 aliphatic rings. The fourth-order valence-electron chi connectivity index (χ4n) is 2.68. The Labute approximate surface area is 127 Å². The zero-order valence-corrected chi connectivity index (χ0v) is 13.5. The van der Waals surface area contributed by atoms with E-state index in [4.69, 9.17) is 0 Å². The van der Waals surface area contributed by atoms with Crippen LogP contribution in [0.2, 0.25) is 0 Å². The predicted octanol–water partition coefficient (Wildman–Crippen LogP) is 2.76. The molecule has 0 atom stereocenters. The molecule has 1 saturated carbocycles. The van der Waals surface area contributed by atoms with Gasteiger partial charge in [0.1, 0.15) is 10.7 Å². The van der Waals surface area contributed by atoms with E-state index in [0.29, 0.717) is 18.3 Å². The van der Waals surface area contributed by atoms with Gasteiger partial charge in [0, 0.05) is 19.3 Å². The quantitative estimate of drug-likeness (QED) is 0.774. The van der Waals surface area contributed by atoms with Crippen LogP contribution in [-0.4, -0.2) is 26.5 Å². The molecule has 1 fully saturated rings. The van der Waals surface area contributed by atoms with Crippen LogP contribution < -0.4 is 10.0 Å². The lowest BCUT2D eigenvalue weighted by Crippen LogP contribution is -2.26. The summed E-state index contributed by atoms with van der Waals surface area (Å²) in [6, 6.07) is 3.31. The van der Waals surface area contributed by atoms with E-state index in [2.05, 4.69) is 21.9 Å². The van der Waals surface area contributed by atoms with Gasteiger partial charge in [-0.05, 0) is 30.9 Å². The Balaban J connectivity index is 1.85. The van der Waals surface area contributed by atoms with Gasteiger partial charge in [0.05, 0.1) is 0 Å². The maximum absolute atomic E-state index is 12.2. The van der Waals surface area contributed by atoms with Gasteiger partial charge in [-0.25, -0.2) is 18.1 Å². The molecule has 5 nitrogen and oxygen atoms in total. The van der Waals surface area contributed by atoms with Crippen LogP contribution in [-0.2, 0) is 10.0 Å². The van der Waals surface area contributed by atoms with Crippen LogP contribution in [0.1, 0.15) is 45.4 Å². The first kappa shape index (κ1) is 16.2. The SMILES string of the molecule is CCCNc1ccc(S(=O)(=O)NCCC2CCCC2)cn1. The molecular formula is C15H25N3O2S. The monoisotopic (exact) mass is 311 g/mol. The number of nitrogens with zero attached hydrogens (tertiary/aromatic N) is 1. The highest BCUT2D eigenvalue weighted by Crippen LogP contribution is 2.27. The van der Waals surface area contributed by atoms with Crippen molar-refractivity contribution in [1.29, 1.82) is 0 Å². The highest BCUT2D eigenvalue weighted by atomic mass is 32.2. The van der Waals surface area contributed by atoms with E-state index >= 15 is 0 Å². The molecule has 6 heteroatoms. The highest BCUT2D eigenvalue weighted by molar-refractivity contribution is 7.89. The van der Waals surface area contributed by atoms with Gasteiger partial charge >= 0.3 is 0 Å². The molecule has 0 spiro atoms. The standard InChI is InChI=1S/C15H25N3O2S/c1-2-10-16-15-8-7-14(12-17-15)21(19,20)18-11-9-13-5-3-4-6-13/h7-8,12-13,18H,2-6,9-11H2,1H3,(H,16,17). The number of pyridine rings is 1. The normalized spacial score (nSPS) is 16.2. The van der Waals surface area contributed by atoms with Crippen molar-refractivity contribution in [3.05, 3.63) is 18.3 Å². The first-order chi connectivity index (χ1) is 10.1. The van der Waals surface area contributed by atoms with Crippen LogP contribution in [0.15, 0.2) is 23.2 Å². The average molecular weight is 311 g/mol. The topological polar surface area (TPSA) is 71.1 Å². The van der Waals surface area contributed by atoms with Gasteiger partial charge < -0.3 is 5.32 Å². The van der Waals surface area contributed by atoms with Crippen LogP contribution >= 0.6 is 0 Å². The van der Waals surface area contributed by atoms with E-state index in [1.165, 1.54) is 31.9 Å². The molecule has 0 amide bonds. The summed E-state index contributed by atoms with van der Waals surface area (Å²) >= 11 is 0. The van der Waals surface area contributed by atoms with Crippen molar-refractivity contribution >= 4 is 15.8 Å². The Morgan fingerprint density at radius 1 is 1.24 bits per heavy atom. The first-order valence-electron chi connectivity index (χ1n) is 7.81. The maximum atomic E-state index is 12.2. The minimum absolute atomic E-state index is 0.232. The molecule has 21 heavy (non-hydrogen) atoms. The van der Waals surface area contributed by atoms with Crippen molar-refractivity contribution in [3.63, 3.8) is 0 Å². The van der Waals surface area contributed by atoms with Crippen LogP contribution in [0.3, 0.4) is 0 Å². The first-order valence-corrected chi connectivity index (χ1v) is 9.29. The van der Waals surface area contributed by atoms with Crippen molar-refractivity contribution in [3.8, 4) is 0 Å². The Morgan fingerprint density at radius 2 is 2.00 bits per heavy atom. The summed E-state index contributed by atoms with van der Waals surface area (Å²) < 4.78 is 27.0. The van der Waals surface area contributed by atoms with Crippen LogP contribution in [0.5, 0.6) is 0 Å². The van der Waals surface area contributed by atoms with Gasteiger partial charge in [-0.1, -0.05) is 32.6 Å². The molecule has 0 aromatic carbocycles. The second-order valence-electron chi connectivity index (χ2n) is 5.64. The van der Waals surface area contributed by atoms with Gasteiger partial charge in [0.25, 0.3) is 0 Å². The zero-order chi connectivity index (χ0) is 15.1. The summed E-state index contributed by atoms with van der Waals surface area (Å²) in [4.78, 5) is 4.37. The van der Waals surface area contributed by atoms with Crippen molar-refractivity contribution in [1.82, 2.24) is 9.71 Å². The van der Waals surface area contributed by atoms with E-state index in [9.17, 15) is 8.42 Å². The molecule has 0 bridgehead atoms. The second-order valence-corrected chi connectivity index (χ2v) is 7.41. The predicted molar refractivity (Wildman–Crippen MR) is 84.8 cm³/mol. The van der Waals surface area contributed by atoms with E-state index < -0.39 is 10.0 Å². The van der Waals surface area contributed by atoms with E-state index in [-0.39, 0.29) is 4.90 Å². The fourth-order valence-corrected chi connectivity index (χ4v) is 3.67. The molecule has 0 saturated heterocycles. The van der Waals surface area contributed by atoms with E-state index in [1.807, 2.05) is 0 Å². The lowest BCUT2D eigenvalue weighted by atomic mass is 10.1. The van der Waals surface area contributed by atoms with Crippen molar-refractivity contribution in [2.45, 2.75) is 50.3 Å². The lowest BCUT2D eigenvalue weighted by molar-refractivity contribution is 0.495. The third-order valence-electron chi connectivity index (χ3n) is 3.92. The summed E-state index contributed by atoms with van der Waals surface area (Å²) in [6.07, 6.45) is 8.40. The van der Waals surface area contributed by atoms with Crippen molar-refractivity contribution < 1.29 is 8.42 Å². The molecule has 0 aliphatic heterocycles. The molecule has 2 rings (SSSR count). The third kappa shape index (κ3) is 4.97. The number of hydrogen-bond donors (Lipinski definition) is 2. The Hall–Kier alpha value is -1.14. The molecule has 0 radical (unpaired) electrons. The molecule has 2 N–H and O–H groups in total. The largest absolute Gasteiger partial charge is 0.370 e. The van der Waals surface area contributed by atoms with Crippen molar-refractivity contribution in [2.75, 3.05) is 18.4 Å². The summed E-state index contributed by atoms with van der Waals surface area (Å²) in [5.41, 5.74) is 0. The Kier molecular flexibility index (Phi) is 5.99. The molecule has 1 heterocycles. The summed E-state index contributed by atoms with van der Waals surface area (Å²) in [6.45, 7) is 3.42. The Morgan fingerprint density at radius 3 is 2.62 bits per heavy atom. The second kappa shape index (κ2) is 7.75. The van der Waals surface area contributed by atoms with Crippen LogP contribution in [0, 0.1) is 5.92 Å². The molecular weight excluding hydrogens is 286 g/mol. The number of hydrogen-bond acceptors (Lipinski definition) is 4. The number of rotatable bonds is 8. The highest BCUT2D eigenvalue weighted by Gasteiger charge is 2.17. The fraction of sp³-hybridized carbons (Fsp3) is 0.667. The number of anilines is 1. The minimum Gasteiger partial charge on any atom is -0.370 e. The molecule has 1 aromatic rings. The Bertz CT molecular complexity index is 522. The van der Waals surface area contributed by atoms with E-state index in [1.54, 1.807) is 12.1 Å². The number of aromatic nitrogens is 1.